The summed E-state index contributed by atoms with van der Waals surface area (Å²) in [5.74, 6) is -0.525. The fourth-order valence-electron chi connectivity index (χ4n) is 4.25. The zero-order valence-electron chi connectivity index (χ0n) is 22.5. The number of nitrogens with zero attached hydrogens (tertiary/aromatic N) is 1. The number of thioether (sulfide) groups is 1. The summed E-state index contributed by atoms with van der Waals surface area (Å²) in [6, 6.07) is 19.6. The van der Waals surface area contributed by atoms with Crippen LogP contribution in [0.2, 0.25) is 0 Å². The quantitative estimate of drug-likeness (QED) is 0.155. The van der Waals surface area contributed by atoms with E-state index in [9.17, 15) is 14.7 Å². The summed E-state index contributed by atoms with van der Waals surface area (Å²) in [6.07, 6.45) is 1.31. The standard InChI is InChI=1S/C30H38N4O3S/c1-5-21-17-24(12-11-22(21)15-16-35)28(32-33-29(36)23-9-7-6-8-10-23)30(37)34(4)19-25-18-26(31)13-14-27(25)38-20(2)3/h6-14,17-18,20,28,32,35H,5,15-16,19,31H2,1-4H3,(H,33,36). The molecule has 0 aliphatic rings. The maximum atomic E-state index is 13.9. The number of carbonyl (C=O) groups excluding carboxylic acids is 2. The van der Waals surface area contributed by atoms with Gasteiger partial charge < -0.3 is 15.7 Å². The topological polar surface area (TPSA) is 108 Å². The van der Waals surface area contributed by atoms with Gasteiger partial charge in [-0.2, -0.15) is 0 Å². The number of hydrogen-bond acceptors (Lipinski definition) is 6. The van der Waals surface area contributed by atoms with Gasteiger partial charge in [-0.25, -0.2) is 5.43 Å². The maximum absolute atomic E-state index is 13.9. The van der Waals surface area contributed by atoms with Gasteiger partial charge in [-0.3, -0.25) is 15.0 Å². The van der Waals surface area contributed by atoms with Crippen LogP contribution in [0.4, 0.5) is 5.69 Å². The molecular formula is C30H38N4O3S. The van der Waals surface area contributed by atoms with Gasteiger partial charge in [0.1, 0.15) is 6.04 Å². The van der Waals surface area contributed by atoms with E-state index in [0.29, 0.717) is 29.5 Å². The average Bonchev–Trinajstić information content (AvgIpc) is 2.91. The number of aryl methyl sites for hydroxylation is 1. The minimum Gasteiger partial charge on any atom is -0.399 e. The number of aliphatic hydroxyl groups excluding tert-OH is 1. The van der Waals surface area contributed by atoms with Crippen LogP contribution < -0.4 is 16.6 Å². The van der Waals surface area contributed by atoms with Gasteiger partial charge in [-0.15, -0.1) is 11.8 Å². The van der Waals surface area contributed by atoms with E-state index in [1.54, 1.807) is 48.0 Å². The first-order valence-corrected chi connectivity index (χ1v) is 13.7. The molecule has 0 saturated carbocycles. The van der Waals surface area contributed by atoms with Crippen molar-refractivity contribution in [3.05, 3.63) is 94.5 Å². The lowest BCUT2D eigenvalue weighted by Crippen LogP contribution is -2.46. The summed E-state index contributed by atoms with van der Waals surface area (Å²) in [4.78, 5) is 29.4. The second-order valence-corrected chi connectivity index (χ2v) is 11.1. The third kappa shape index (κ3) is 7.84. The van der Waals surface area contributed by atoms with Gasteiger partial charge in [-0.05, 0) is 65.4 Å². The molecule has 2 amide bonds. The molecule has 0 bridgehead atoms. The number of likely N-dealkylation sites (N-methyl/N-ethyl adjacent to an activating group) is 1. The van der Waals surface area contributed by atoms with Gasteiger partial charge in [0, 0.05) is 41.6 Å². The van der Waals surface area contributed by atoms with Gasteiger partial charge in [0.2, 0.25) is 5.91 Å². The van der Waals surface area contributed by atoms with Crippen LogP contribution in [-0.4, -0.2) is 40.7 Å². The molecule has 0 fully saturated rings. The molecule has 3 aromatic carbocycles. The van der Waals surface area contributed by atoms with Crippen molar-refractivity contribution in [1.29, 1.82) is 0 Å². The lowest BCUT2D eigenvalue weighted by Gasteiger charge is -2.27. The monoisotopic (exact) mass is 534 g/mol. The largest absolute Gasteiger partial charge is 0.399 e. The predicted octanol–water partition coefficient (Wildman–Crippen LogP) is 4.50. The first-order valence-electron chi connectivity index (χ1n) is 12.9. The zero-order valence-corrected chi connectivity index (χ0v) is 23.3. The van der Waals surface area contributed by atoms with Crippen molar-refractivity contribution in [1.82, 2.24) is 15.8 Å². The molecule has 0 heterocycles. The molecule has 0 aliphatic carbocycles. The first-order chi connectivity index (χ1) is 18.2. The Morgan fingerprint density at radius 1 is 1.00 bits per heavy atom. The molecule has 1 unspecified atom stereocenters. The van der Waals surface area contributed by atoms with Crippen molar-refractivity contribution in [3.63, 3.8) is 0 Å². The predicted molar refractivity (Wildman–Crippen MR) is 155 cm³/mol. The highest BCUT2D eigenvalue weighted by Gasteiger charge is 2.26. The normalized spacial score (nSPS) is 11.8. The van der Waals surface area contributed by atoms with Crippen molar-refractivity contribution in [2.75, 3.05) is 19.4 Å². The molecule has 0 aromatic heterocycles. The minimum absolute atomic E-state index is 0.0553. The van der Waals surface area contributed by atoms with Crippen molar-refractivity contribution >= 4 is 29.3 Å². The number of nitrogens with two attached hydrogens (primary N) is 1. The summed E-state index contributed by atoms with van der Waals surface area (Å²) in [5, 5.41) is 9.82. The third-order valence-corrected chi connectivity index (χ3v) is 7.29. The van der Waals surface area contributed by atoms with E-state index in [1.165, 1.54) is 0 Å². The Hall–Kier alpha value is -3.33. The smallest absolute Gasteiger partial charge is 0.265 e. The highest BCUT2D eigenvalue weighted by Crippen LogP contribution is 2.30. The van der Waals surface area contributed by atoms with Crippen molar-refractivity contribution in [2.24, 2.45) is 0 Å². The minimum atomic E-state index is -0.816. The Morgan fingerprint density at radius 2 is 1.74 bits per heavy atom. The van der Waals surface area contributed by atoms with Crippen LogP contribution >= 0.6 is 11.8 Å². The fourth-order valence-corrected chi connectivity index (χ4v) is 5.18. The summed E-state index contributed by atoms with van der Waals surface area (Å²) < 4.78 is 0. The van der Waals surface area contributed by atoms with E-state index < -0.39 is 6.04 Å². The number of carbonyl (C=O) groups is 2. The van der Waals surface area contributed by atoms with Gasteiger partial charge >= 0.3 is 0 Å². The molecule has 202 valence electrons. The molecule has 7 nitrogen and oxygen atoms in total. The Morgan fingerprint density at radius 3 is 2.39 bits per heavy atom. The number of rotatable bonds is 12. The summed E-state index contributed by atoms with van der Waals surface area (Å²) in [7, 11) is 1.75. The average molecular weight is 535 g/mol. The molecular weight excluding hydrogens is 496 g/mol. The van der Waals surface area contributed by atoms with E-state index in [-0.39, 0.29) is 18.4 Å². The SMILES string of the molecule is CCc1cc(C(NNC(=O)c2ccccc2)C(=O)N(C)Cc2cc(N)ccc2SC(C)C)ccc1CCO. The van der Waals surface area contributed by atoms with Crippen molar-refractivity contribution in [2.45, 2.75) is 56.3 Å². The van der Waals surface area contributed by atoms with E-state index in [1.807, 2.05) is 49.4 Å². The Kier molecular flexibility index (Phi) is 10.8. The van der Waals surface area contributed by atoms with Crippen LogP contribution in [0.15, 0.2) is 71.6 Å². The second-order valence-electron chi connectivity index (χ2n) is 9.48. The van der Waals surface area contributed by atoms with Crippen LogP contribution in [0.1, 0.15) is 59.4 Å². The molecule has 0 spiro atoms. The van der Waals surface area contributed by atoms with E-state index in [2.05, 4.69) is 24.7 Å². The molecule has 8 heteroatoms. The number of anilines is 1. The van der Waals surface area contributed by atoms with Gasteiger partial charge in [0.15, 0.2) is 0 Å². The van der Waals surface area contributed by atoms with E-state index in [4.69, 9.17) is 5.73 Å². The summed E-state index contributed by atoms with van der Waals surface area (Å²) in [6.45, 7) is 6.72. The van der Waals surface area contributed by atoms with Crippen LogP contribution in [0.5, 0.6) is 0 Å². The Labute approximate surface area is 229 Å². The van der Waals surface area contributed by atoms with Crippen LogP contribution in [0.25, 0.3) is 0 Å². The Balaban J connectivity index is 1.90. The maximum Gasteiger partial charge on any atom is 0.265 e. The van der Waals surface area contributed by atoms with E-state index >= 15 is 0 Å². The summed E-state index contributed by atoms with van der Waals surface area (Å²) >= 11 is 1.73. The second kappa shape index (κ2) is 14.0. The number of nitrogens with one attached hydrogen (secondary N) is 2. The summed E-state index contributed by atoms with van der Waals surface area (Å²) in [5.41, 5.74) is 16.7. The highest BCUT2D eigenvalue weighted by molar-refractivity contribution is 8.00. The van der Waals surface area contributed by atoms with Crippen LogP contribution in [0, 0.1) is 0 Å². The zero-order chi connectivity index (χ0) is 27.7. The molecule has 0 aliphatic heterocycles. The first kappa shape index (κ1) is 29.2. The lowest BCUT2D eigenvalue weighted by atomic mass is 9.96. The van der Waals surface area contributed by atoms with E-state index in [0.717, 1.165) is 33.6 Å². The van der Waals surface area contributed by atoms with Crippen molar-refractivity contribution in [3.8, 4) is 0 Å². The highest BCUT2D eigenvalue weighted by atomic mass is 32.2. The number of benzene rings is 3. The number of aliphatic hydroxyl groups is 1. The molecule has 0 radical (unpaired) electrons. The number of hydrazine groups is 1. The van der Waals surface area contributed by atoms with Crippen LogP contribution in [0.3, 0.4) is 0 Å². The lowest BCUT2D eigenvalue weighted by molar-refractivity contribution is -0.133. The number of amides is 2. The van der Waals surface area contributed by atoms with Gasteiger partial charge in [0.05, 0.1) is 0 Å². The van der Waals surface area contributed by atoms with Crippen molar-refractivity contribution < 1.29 is 14.7 Å². The number of nitrogen functional groups attached to an aromatic ring is 1. The molecule has 3 aromatic rings. The molecule has 3 rings (SSSR count). The fraction of sp³-hybridized carbons (Fsp3) is 0.333. The van der Waals surface area contributed by atoms with Crippen LogP contribution in [-0.2, 0) is 24.2 Å². The molecule has 1 atom stereocenters. The third-order valence-electron chi connectivity index (χ3n) is 6.17. The number of hydrogen-bond donors (Lipinski definition) is 4. The molecule has 5 N–H and O–H groups in total. The van der Waals surface area contributed by atoms with Gasteiger partial charge in [0.25, 0.3) is 5.91 Å². The molecule has 0 saturated heterocycles. The molecule has 38 heavy (non-hydrogen) atoms. The Bertz CT molecular complexity index is 1230. The van der Waals surface area contributed by atoms with Gasteiger partial charge in [-0.1, -0.05) is 57.2 Å².